The quantitative estimate of drug-likeness (QED) is 0.522. The maximum absolute atomic E-state index is 13.6. The standard InChI is InChI=1S/C26H29F3N2O3/c1-25(2,27)24(32)31-14-17-3-7-21(8-4-17)34-22-9-5-18(12-22)11-20-6-10-23(15-30-20)33-16-19-13-26(19,28)29/h3-4,6-8,10-11,15,19,22H,5,9,12-14,16H2,1-2H3,(H,31,32). The van der Waals surface area contributed by atoms with Crippen molar-refractivity contribution in [3.05, 3.63) is 59.4 Å². The van der Waals surface area contributed by atoms with Gasteiger partial charge in [0.25, 0.3) is 11.8 Å². The predicted octanol–water partition coefficient (Wildman–Crippen LogP) is 5.49. The van der Waals surface area contributed by atoms with Crippen LogP contribution in [0.4, 0.5) is 13.2 Å². The second-order valence-corrected chi connectivity index (χ2v) is 9.48. The highest BCUT2D eigenvalue weighted by molar-refractivity contribution is 5.84. The van der Waals surface area contributed by atoms with E-state index in [1.54, 1.807) is 12.3 Å². The van der Waals surface area contributed by atoms with E-state index < -0.39 is 23.4 Å². The molecule has 2 fully saturated rings. The van der Waals surface area contributed by atoms with E-state index in [1.807, 2.05) is 36.4 Å². The number of aromatic nitrogens is 1. The summed E-state index contributed by atoms with van der Waals surface area (Å²) in [6.07, 6.45) is 6.15. The Bertz CT molecular complexity index is 1030. The van der Waals surface area contributed by atoms with Gasteiger partial charge in [0.15, 0.2) is 5.67 Å². The highest BCUT2D eigenvalue weighted by atomic mass is 19.3. The van der Waals surface area contributed by atoms with Crippen LogP contribution >= 0.6 is 0 Å². The first-order valence-corrected chi connectivity index (χ1v) is 11.5. The van der Waals surface area contributed by atoms with Crippen LogP contribution in [0.1, 0.15) is 50.8 Å². The summed E-state index contributed by atoms with van der Waals surface area (Å²) >= 11 is 0. The van der Waals surface area contributed by atoms with E-state index >= 15 is 0 Å². The summed E-state index contributed by atoms with van der Waals surface area (Å²) in [6, 6.07) is 11.0. The lowest BCUT2D eigenvalue weighted by molar-refractivity contribution is -0.130. The molecule has 1 amide bonds. The first-order valence-electron chi connectivity index (χ1n) is 11.5. The van der Waals surface area contributed by atoms with Gasteiger partial charge in [0.05, 0.1) is 24.4 Å². The number of carbonyl (C=O) groups excluding carboxylic acids is 1. The van der Waals surface area contributed by atoms with E-state index in [1.165, 1.54) is 19.4 Å². The summed E-state index contributed by atoms with van der Waals surface area (Å²) < 4.78 is 50.9. The third-order valence-corrected chi connectivity index (χ3v) is 6.01. The fourth-order valence-corrected chi connectivity index (χ4v) is 3.76. The molecule has 1 aromatic heterocycles. The van der Waals surface area contributed by atoms with Crippen LogP contribution in [-0.4, -0.2) is 35.2 Å². The Balaban J connectivity index is 1.23. The molecule has 1 aromatic carbocycles. The number of hydrogen-bond donors (Lipinski definition) is 1. The molecule has 2 unspecified atom stereocenters. The van der Waals surface area contributed by atoms with Gasteiger partial charge in [-0.3, -0.25) is 9.78 Å². The number of nitrogens with one attached hydrogen (secondary N) is 1. The van der Waals surface area contributed by atoms with Crippen molar-refractivity contribution in [3.8, 4) is 11.5 Å². The minimum atomic E-state index is -2.58. The Labute approximate surface area is 197 Å². The van der Waals surface area contributed by atoms with Crippen LogP contribution < -0.4 is 14.8 Å². The van der Waals surface area contributed by atoms with Crippen molar-refractivity contribution >= 4 is 12.0 Å². The maximum atomic E-state index is 13.6. The van der Waals surface area contributed by atoms with Gasteiger partial charge in [0, 0.05) is 19.4 Å². The minimum Gasteiger partial charge on any atom is -0.491 e. The lowest BCUT2D eigenvalue weighted by Crippen LogP contribution is -2.38. The summed E-state index contributed by atoms with van der Waals surface area (Å²) in [5, 5.41) is 2.58. The van der Waals surface area contributed by atoms with Crippen LogP contribution in [0, 0.1) is 5.92 Å². The number of pyridine rings is 1. The van der Waals surface area contributed by atoms with Crippen LogP contribution in [-0.2, 0) is 11.3 Å². The maximum Gasteiger partial charge on any atom is 0.257 e. The molecular weight excluding hydrogens is 445 g/mol. The monoisotopic (exact) mass is 474 g/mol. The van der Waals surface area contributed by atoms with Crippen molar-refractivity contribution in [3.63, 3.8) is 0 Å². The summed E-state index contributed by atoms with van der Waals surface area (Å²) in [6.45, 7) is 2.72. The van der Waals surface area contributed by atoms with Crippen LogP contribution in [0.3, 0.4) is 0 Å². The zero-order valence-electron chi connectivity index (χ0n) is 19.3. The van der Waals surface area contributed by atoms with E-state index in [0.29, 0.717) is 5.75 Å². The fraction of sp³-hybridized carbons (Fsp3) is 0.462. The molecule has 34 heavy (non-hydrogen) atoms. The third-order valence-electron chi connectivity index (χ3n) is 6.01. The lowest BCUT2D eigenvalue weighted by atomic mass is 10.1. The zero-order chi connectivity index (χ0) is 24.3. The molecule has 2 atom stereocenters. The fourth-order valence-electron chi connectivity index (χ4n) is 3.76. The normalized spacial score (nSPS) is 22.4. The van der Waals surface area contributed by atoms with Crippen LogP contribution in [0.5, 0.6) is 11.5 Å². The Morgan fingerprint density at radius 3 is 2.53 bits per heavy atom. The predicted molar refractivity (Wildman–Crippen MR) is 123 cm³/mol. The Morgan fingerprint density at radius 2 is 1.91 bits per heavy atom. The second-order valence-electron chi connectivity index (χ2n) is 9.48. The molecule has 0 radical (unpaired) electrons. The average Bonchev–Trinajstić information content (AvgIpc) is 3.17. The largest absolute Gasteiger partial charge is 0.491 e. The molecule has 1 heterocycles. The first-order chi connectivity index (χ1) is 16.1. The summed E-state index contributed by atoms with van der Waals surface area (Å²) in [5.41, 5.74) is 0.986. The number of halogens is 3. The van der Waals surface area contributed by atoms with Crippen molar-refractivity contribution in [1.82, 2.24) is 10.3 Å². The Kier molecular flexibility index (Phi) is 6.86. The number of benzene rings is 1. The minimum absolute atomic E-state index is 0.0134. The number of rotatable bonds is 9. The number of hydrogen-bond acceptors (Lipinski definition) is 4. The molecule has 5 nitrogen and oxygen atoms in total. The van der Waals surface area contributed by atoms with Gasteiger partial charge < -0.3 is 14.8 Å². The van der Waals surface area contributed by atoms with Gasteiger partial charge >= 0.3 is 0 Å². The topological polar surface area (TPSA) is 60.5 Å². The van der Waals surface area contributed by atoms with Gasteiger partial charge in [-0.15, -0.1) is 0 Å². The molecule has 2 saturated carbocycles. The molecule has 8 heteroatoms. The molecule has 4 rings (SSSR count). The molecule has 0 bridgehead atoms. The van der Waals surface area contributed by atoms with E-state index in [0.717, 1.165) is 36.3 Å². The van der Waals surface area contributed by atoms with Gasteiger partial charge in [0.2, 0.25) is 0 Å². The van der Waals surface area contributed by atoms with Crippen molar-refractivity contribution in [2.45, 2.75) is 63.8 Å². The van der Waals surface area contributed by atoms with E-state index in [-0.39, 0.29) is 25.7 Å². The van der Waals surface area contributed by atoms with Gasteiger partial charge in [0.1, 0.15) is 17.6 Å². The zero-order valence-corrected chi connectivity index (χ0v) is 19.3. The highest BCUT2D eigenvalue weighted by Gasteiger charge is 2.57. The average molecular weight is 475 g/mol. The molecule has 2 aliphatic rings. The number of nitrogens with zero attached hydrogens (tertiary/aromatic N) is 1. The Morgan fingerprint density at radius 1 is 1.21 bits per heavy atom. The van der Waals surface area contributed by atoms with Crippen molar-refractivity contribution in [2.75, 3.05) is 6.61 Å². The number of ether oxygens (including phenoxy) is 2. The smallest absolute Gasteiger partial charge is 0.257 e. The highest BCUT2D eigenvalue weighted by Crippen LogP contribution is 2.48. The summed E-state index contributed by atoms with van der Waals surface area (Å²) in [7, 11) is 0. The van der Waals surface area contributed by atoms with Gasteiger partial charge in [-0.1, -0.05) is 17.7 Å². The summed E-state index contributed by atoms with van der Waals surface area (Å²) in [5.74, 6) is -2.67. The van der Waals surface area contributed by atoms with Gasteiger partial charge in [-0.05, 0) is 62.6 Å². The SMILES string of the molecule is CC(C)(F)C(=O)NCc1ccc(OC2CCC(=Cc3ccc(OCC4CC4(F)F)cn3)C2)cc1. The van der Waals surface area contributed by atoms with Gasteiger partial charge in [-0.2, -0.15) is 0 Å². The molecule has 0 saturated heterocycles. The van der Waals surface area contributed by atoms with Crippen molar-refractivity contribution in [1.29, 1.82) is 0 Å². The van der Waals surface area contributed by atoms with E-state index in [4.69, 9.17) is 9.47 Å². The lowest BCUT2D eigenvalue weighted by Gasteiger charge is -2.15. The van der Waals surface area contributed by atoms with Crippen LogP contribution in [0.2, 0.25) is 0 Å². The molecular formula is C26H29F3N2O3. The van der Waals surface area contributed by atoms with E-state index in [9.17, 15) is 18.0 Å². The molecule has 182 valence electrons. The number of carbonyl (C=O) groups is 1. The van der Waals surface area contributed by atoms with Crippen LogP contribution in [0.15, 0.2) is 48.2 Å². The molecule has 2 aliphatic carbocycles. The van der Waals surface area contributed by atoms with Gasteiger partial charge in [-0.25, -0.2) is 13.2 Å². The first kappa shape index (κ1) is 24.1. The van der Waals surface area contributed by atoms with Crippen LogP contribution in [0.25, 0.3) is 6.08 Å². The molecule has 0 aliphatic heterocycles. The molecule has 1 N–H and O–H groups in total. The Hall–Kier alpha value is -3.03. The number of alkyl halides is 3. The number of amides is 1. The second kappa shape index (κ2) is 9.68. The van der Waals surface area contributed by atoms with E-state index in [2.05, 4.69) is 10.3 Å². The third kappa shape index (κ3) is 6.52. The van der Waals surface area contributed by atoms with Crippen molar-refractivity contribution in [2.24, 2.45) is 5.92 Å². The summed E-state index contributed by atoms with van der Waals surface area (Å²) in [4.78, 5) is 16.0. The van der Waals surface area contributed by atoms with Crippen molar-refractivity contribution < 1.29 is 27.4 Å². The molecule has 0 spiro atoms. The molecule has 2 aromatic rings.